The molecular weight excluding hydrogens is 294 g/mol. The summed E-state index contributed by atoms with van der Waals surface area (Å²) in [5.41, 5.74) is 0.950. The summed E-state index contributed by atoms with van der Waals surface area (Å²) < 4.78 is 16.3. The Morgan fingerprint density at radius 2 is 1.76 bits per heavy atom. The Bertz CT molecular complexity index is 415. The van der Waals surface area contributed by atoms with Crippen molar-refractivity contribution in [1.82, 2.24) is 5.32 Å². The molecule has 0 aliphatic heterocycles. The summed E-state index contributed by atoms with van der Waals surface area (Å²) >= 11 is 6.26. The molecule has 120 valence electrons. The maximum absolute atomic E-state index is 8.60. The van der Waals surface area contributed by atoms with Crippen LogP contribution in [0.5, 0.6) is 11.5 Å². The largest absolute Gasteiger partial charge is 0.490 e. The Kier molecular flexibility index (Phi) is 9.17. The number of benzene rings is 1. The highest BCUT2D eigenvalue weighted by molar-refractivity contribution is 6.31. The molecule has 0 amide bonds. The Balaban J connectivity index is 2.58. The first kappa shape index (κ1) is 18.0. The number of aliphatic hydroxyl groups is 1. The normalized spacial score (nSPS) is 10.7. The molecule has 0 aliphatic carbocycles. The molecule has 0 spiro atoms. The molecule has 1 aromatic rings. The van der Waals surface area contributed by atoms with Crippen LogP contribution in [0.25, 0.3) is 0 Å². The van der Waals surface area contributed by atoms with E-state index in [0.29, 0.717) is 56.0 Å². The number of aliphatic hydroxyl groups excluding tert-OH is 1. The zero-order valence-corrected chi connectivity index (χ0v) is 13.4. The Morgan fingerprint density at radius 1 is 1.10 bits per heavy atom. The molecule has 0 atom stereocenters. The molecule has 1 aromatic carbocycles. The van der Waals surface area contributed by atoms with E-state index in [2.05, 4.69) is 5.32 Å². The summed E-state index contributed by atoms with van der Waals surface area (Å²) in [5, 5.41) is 12.5. The standard InChI is InChI=1S/C15H24ClNO4/c1-3-20-14-9-12(11-17-5-7-19-8-6-18)13(16)10-15(14)21-4-2/h9-10,17-18H,3-8,11H2,1-2H3. The van der Waals surface area contributed by atoms with Crippen LogP contribution in [0, 0.1) is 0 Å². The van der Waals surface area contributed by atoms with E-state index in [-0.39, 0.29) is 6.61 Å². The summed E-state index contributed by atoms with van der Waals surface area (Å²) in [6.07, 6.45) is 0. The summed E-state index contributed by atoms with van der Waals surface area (Å²) in [6.45, 7) is 7.25. The lowest BCUT2D eigenvalue weighted by Gasteiger charge is -2.14. The van der Waals surface area contributed by atoms with Gasteiger partial charge in [-0.25, -0.2) is 0 Å². The van der Waals surface area contributed by atoms with Gasteiger partial charge in [0.1, 0.15) is 0 Å². The molecule has 6 heteroatoms. The second-order valence-electron chi connectivity index (χ2n) is 4.27. The van der Waals surface area contributed by atoms with Gasteiger partial charge in [0, 0.05) is 24.2 Å². The van der Waals surface area contributed by atoms with Crippen molar-refractivity contribution in [3.8, 4) is 11.5 Å². The molecular formula is C15H24ClNO4. The van der Waals surface area contributed by atoms with Gasteiger partial charge in [0.05, 0.1) is 33.0 Å². The zero-order valence-electron chi connectivity index (χ0n) is 12.7. The minimum atomic E-state index is 0.0441. The quantitative estimate of drug-likeness (QED) is 0.613. The monoisotopic (exact) mass is 317 g/mol. The van der Waals surface area contributed by atoms with Crippen LogP contribution in [0.3, 0.4) is 0 Å². The Labute approximate surface area is 131 Å². The molecule has 0 saturated carbocycles. The van der Waals surface area contributed by atoms with Crippen molar-refractivity contribution in [2.45, 2.75) is 20.4 Å². The molecule has 1 rings (SSSR count). The predicted molar refractivity (Wildman–Crippen MR) is 83.4 cm³/mol. The van der Waals surface area contributed by atoms with Crippen molar-refractivity contribution < 1.29 is 19.3 Å². The van der Waals surface area contributed by atoms with Gasteiger partial charge in [-0.05, 0) is 25.5 Å². The number of hydrogen-bond donors (Lipinski definition) is 2. The predicted octanol–water partition coefficient (Wildman–Crippen LogP) is 2.24. The van der Waals surface area contributed by atoms with E-state index in [1.54, 1.807) is 6.07 Å². The van der Waals surface area contributed by atoms with Gasteiger partial charge in [-0.15, -0.1) is 0 Å². The van der Waals surface area contributed by atoms with Crippen molar-refractivity contribution in [2.75, 3.05) is 39.6 Å². The van der Waals surface area contributed by atoms with Crippen LogP contribution < -0.4 is 14.8 Å². The van der Waals surface area contributed by atoms with Gasteiger partial charge in [-0.3, -0.25) is 0 Å². The molecule has 2 N–H and O–H groups in total. The van der Waals surface area contributed by atoms with Gasteiger partial charge < -0.3 is 24.6 Å². The lowest BCUT2D eigenvalue weighted by molar-refractivity contribution is 0.0938. The summed E-state index contributed by atoms with van der Waals surface area (Å²) in [5.74, 6) is 1.37. The maximum atomic E-state index is 8.60. The van der Waals surface area contributed by atoms with Gasteiger partial charge in [0.25, 0.3) is 0 Å². The molecule has 0 aromatic heterocycles. The van der Waals surface area contributed by atoms with Crippen LogP contribution in [0.2, 0.25) is 5.02 Å². The van der Waals surface area contributed by atoms with E-state index < -0.39 is 0 Å². The average Bonchev–Trinajstić information content (AvgIpc) is 2.47. The molecule has 0 heterocycles. The fraction of sp³-hybridized carbons (Fsp3) is 0.600. The molecule has 21 heavy (non-hydrogen) atoms. The van der Waals surface area contributed by atoms with Gasteiger partial charge in [-0.2, -0.15) is 0 Å². The first-order valence-corrected chi connectivity index (χ1v) is 7.58. The van der Waals surface area contributed by atoms with E-state index in [1.807, 2.05) is 19.9 Å². The van der Waals surface area contributed by atoms with Crippen LogP contribution in [-0.4, -0.2) is 44.7 Å². The average molecular weight is 318 g/mol. The summed E-state index contributed by atoms with van der Waals surface area (Å²) in [7, 11) is 0. The van der Waals surface area contributed by atoms with Crippen molar-refractivity contribution in [1.29, 1.82) is 0 Å². The number of halogens is 1. The summed E-state index contributed by atoms with van der Waals surface area (Å²) in [4.78, 5) is 0. The number of hydrogen-bond acceptors (Lipinski definition) is 5. The number of rotatable bonds is 11. The minimum absolute atomic E-state index is 0.0441. The van der Waals surface area contributed by atoms with Crippen LogP contribution >= 0.6 is 11.6 Å². The van der Waals surface area contributed by atoms with E-state index in [9.17, 15) is 0 Å². The van der Waals surface area contributed by atoms with Gasteiger partial charge in [0.2, 0.25) is 0 Å². The molecule has 5 nitrogen and oxygen atoms in total. The molecule has 0 radical (unpaired) electrons. The third kappa shape index (κ3) is 6.52. The number of nitrogens with one attached hydrogen (secondary N) is 1. The Hall–Kier alpha value is -1.01. The third-order valence-electron chi connectivity index (χ3n) is 2.69. The molecule has 0 aliphatic rings. The van der Waals surface area contributed by atoms with Crippen LogP contribution in [-0.2, 0) is 11.3 Å². The van der Waals surface area contributed by atoms with Crippen molar-refractivity contribution in [2.24, 2.45) is 0 Å². The lowest BCUT2D eigenvalue weighted by Crippen LogP contribution is -2.20. The first-order chi connectivity index (χ1) is 10.2. The minimum Gasteiger partial charge on any atom is -0.490 e. The van der Waals surface area contributed by atoms with E-state index in [1.165, 1.54) is 0 Å². The highest BCUT2D eigenvalue weighted by Crippen LogP contribution is 2.33. The second kappa shape index (κ2) is 10.7. The van der Waals surface area contributed by atoms with Gasteiger partial charge in [0.15, 0.2) is 11.5 Å². The van der Waals surface area contributed by atoms with Crippen LogP contribution in [0.4, 0.5) is 0 Å². The SMILES string of the molecule is CCOc1cc(Cl)c(CNCCOCCO)cc1OCC. The fourth-order valence-electron chi connectivity index (χ4n) is 1.78. The third-order valence-corrected chi connectivity index (χ3v) is 3.04. The van der Waals surface area contributed by atoms with Crippen LogP contribution in [0.1, 0.15) is 19.4 Å². The van der Waals surface area contributed by atoms with Crippen molar-refractivity contribution >= 4 is 11.6 Å². The molecule has 0 bridgehead atoms. The van der Waals surface area contributed by atoms with E-state index >= 15 is 0 Å². The second-order valence-corrected chi connectivity index (χ2v) is 4.68. The van der Waals surface area contributed by atoms with E-state index in [0.717, 1.165) is 5.56 Å². The highest BCUT2D eigenvalue weighted by atomic mass is 35.5. The first-order valence-electron chi connectivity index (χ1n) is 7.20. The molecule has 0 unspecified atom stereocenters. The smallest absolute Gasteiger partial charge is 0.162 e. The Morgan fingerprint density at radius 3 is 2.38 bits per heavy atom. The molecule has 0 saturated heterocycles. The topological polar surface area (TPSA) is 60.0 Å². The van der Waals surface area contributed by atoms with Gasteiger partial charge >= 0.3 is 0 Å². The van der Waals surface area contributed by atoms with Crippen molar-refractivity contribution in [3.05, 3.63) is 22.7 Å². The molecule has 0 fully saturated rings. The van der Waals surface area contributed by atoms with E-state index in [4.69, 9.17) is 30.9 Å². The maximum Gasteiger partial charge on any atom is 0.162 e. The fourth-order valence-corrected chi connectivity index (χ4v) is 2.00. The lowest BCUT2D eigenvalue weighted by atomic mass is 10.2. The highest BCUT2D eigenvalue weighted by Gasteiger charge is 2.10. The van der Waals surface area contributed by atoms with Crippen molar-refractivity contribution in [3.63, 3.8) is 0 Å². The zero-order chi connectivity index (χ0) is 15.5. The summed E-state index contributed by atoms with van der Waals surface area (Å²) in [6, 6.07) is 3.69. The number of ether oxygens (including phenoxy) is 3. The van der Waals surface area contributed by atoms with Gasteiger partial charge in [-0.1, -0.05) is 11.6 Å². The van der Waals surface area contributed by atoms with Crippen LogP contribution in [0.15, 0.2) is 12.1 Å².